The number of benzene rings is 2. The molecular weight excluding hydrogens is 328 g/mol. The van der Waals surface area contributed by atoms with E-state index < -0.39 is 0 Å². The van der Waals surface area contributed by atoms with Crippen LogP contribution < -0.4 is 14.4 Å². The van der Waals surface area contributed by atoms with Crippen molar-refractivity contribution in [1.82, 2.24) is 4.98 Å². The predicted octanol–water partition coefficient (Wildman–Crippen LogP) is 2.49. The predicted molar refractivity (Wildman–Crippen MR) is 100.0 cm³/mol. The van der Waals surface area contributed by atoms with Crippen molar-refractivity contribution in [2.45, 2.75) is 26.4 Å². The normalized spacial score (nSPS) is 15.2. The van der Waals surface area contributed by atoms with Gasteiger partial charge < -0.3 is 19.4 Å². The Morgan fingerprint density at radius 3 is 2.81 bits per heavy atom. The van der Waals surface area contributed by atoms with Crippen LogP contribution in [0.5, 0.6) is 11.5 Å². The fraction of sp³-hybridized carbons (Fsp3) is 0.286. The number of nitrogens with one attached hydrogen (secondary N) is 2. The molecule has 3 aromatic rings. The van der Waals surface area contributed by atoms with Crippen molar-refractivity contribution >= 4 is 16.7 Å². The summed E-state index contributed by atoms with van der Waals surface area (Å²) in [5.41, 5.74) is 3.87. The van der Waals surface area contributed by atoms with Crippen molar-refractivity contribution < 1.29 is 19.2 Å². The van der Waals surface area contributed by atoms with Crippen molar-refractivity contribution in [1.29, 1.82) is 0 Å². The number of para-hydroxylation sites is 1. The summed E-state index contributed by atoms with van der Waals surface area (Å²) in [5.74, 6) is 1.73. The van der Waals surface area contributed by atoms with Gasteiger partial charge in [0.2, 0.25) is 12.6 Å². The molecule has 4 rings (SSSR count). The Labute approximate surface area is 152 Å². The highest BCUT2D eigenvalue weighted by molar-refractivity contribution is 6.10. The number of aryl methyl sites for hydroxylation is 1. The molecule has 0 radical (unpaired) electrons. The number of carbonyl (C=O) groups excluding carboxylic acids is 1. The number of hydrogen-bond donors (Lipinski definition) is 2. The molecule has 2 heterocycles. The lowest BCUT2D eigenvalue weighted by Crippen LogP contribution is -3.12. The number of quaternary nitrogens is 1. The average Bonchev–Trinajstić information content (AvgIpc) is 3.23. The zero-order valence-corrected chi connectivity index (χ0v) is 15.3. The molecule has 1 aliphatic rings. The summed E-state index contributed by atoms with van der Waals surface area (Å²) in [6, 6.07) is 13.8. The van der Waals surface area contributed by atoms with Gasteiger partial charge in [-0.1, -0.05) is 18.2 Å². The van der Waals surface area contributed by atoms with E-state index in [0.717, 1.165) is 50.7 Å². The quantitative estimate of drug-likeness (QED) is 0.695. The van der Waals surface area contributed by atoms with Gasteiger partial charge in [-0.25, -0.2) is 0 Å². The van der Waals surface area contributed by atoms with Gasteiger partial charge >= 0.3 is 0 Å². The molecule has 2 atom stereocenters. The van der Waals surface area contributed by atoms with Crippen LogP contribution in [0.1, 0.15) is 28.5 Å². The van der Waals surface area contributed by atoms with Crippen molar-refractivity contribution in [2.24, 2.45) is 0 Å². The molecule has 1 aliphatic heterocycles. The van der Waals surface area contributed by atoms with E-state index in [2.05, 4.69) is 12.0 Å². The number of H-pyrrole nitrogens is 1. The van der Waals surface area contributed by atoms with Gasteiger partial charge in [0.1, 0.15) is 12.6 Å². The fourth-order valence-electron chi connectivity index (χ4n) is 3.56. The summed E-state index contributed by atoms with van der Waals surface area (Å²) < 4.78 is 10.8. The lowest BCUT2D eigenvalue weighted by atomic mass is 10.0. The van der Waals surface area contributed by atoms with Crippen LogP contribution in [0.15, 0.2) is 42.5 Å². The lowest BCUT2D eigenvalue weighted by Gasteiger charge is -2.21. The Morgan fingerprint density at radius 1 is 1.19 bits per heavy atom. The van der Waals surface area contributed by atoms with Crippen LogP contribution >= 0.6 is 0 Å². The molecule has 134 valence electrons. The van der Waals surface area contributed by atoms with Gasteiger partial charge in [0.05, 0.1) is 12.6 Å². The maximum atomic E-state index is 13.2. The van der Waals surface area contributed by atoms with E-state index in [4.69, 9.17) is 9.47 Å². The van der Waals surface area contributed by atoms with Crippen molar-refractivity contribution in [3.63, 3.8) is 0 Å². The molecule has 0 aliphatic carbocycles. The summed E-state index contributed by atoms with van der Waals surface area (Å²) in [6.07, 6.45) is 0. The van der Waals surface area contributed by atoms with E-state index in [0.29, 0.717) is 0 Å². The smallest absolute Gasteiger partial charge is 0.231 e. The molecule has 0 saturated heterocycles. The topological polar surface area (TPSA) is 55.8 Å². The van der Waals surface area contributed by atoms with Gasteiger partial charge in [0.15, 0.2) is 11.5 Å². The molecule has 1 aromatic heterocycles. The second-order valence-corrected chi connectivity index (χ2v) is 6.97. The standard InChI is InChI=1S/C21H22N2O3/c1-13-20(16-6-4-5-7-17(16)22-13)21(24)14(2)23(3)11-15-8-9-18-19(10-15)26-12-25-18/h4-10,14,22H,11-12H2,1-3H3/p+1/t14-/m0/s1. The number of rotatable bonds is 5. The highest BCUT2D eigenvalue weighted by Gasteiger charge is 2.27. The van der Waals surface area contributed by atoms with E-state index in [1.54, 1.807) is 0 Å². The minimum absolute atomic E-state index is 0.154. The first-order valence-corrected chi connectivity index (χ1v) is 8.87. The van der Waals surface area contributed by atoms with Gasteiger partial charge in [-0.2, -0.15) is 0 Å². The van der Waals surface area contributed by atoms with E-state index in [1.165, 1.54) is 0 Å². The number of aromatic nitrogens is 1. The third-order valence-corrected chi connectivity index (χ3v) is 5.19. The lowest BCUT2D eigenvalue weighted by molar-refractivity contribution is -0.907. The van der Waals surface area contributed by atoms with Crippen LogP contribution in [-0.2, 0) is 6.54 Å². The summed E-state index contributed by atoms with van der Waals surface area (Å²) in [7, 11) is 2.05. The first-order chi connectivity index (χ1) is 12.5. The third kappa shape index (κ3) is 2.84. The Bertz CT molecular complexity index is 977. The SMILES string of the molecule is Cc1[nH]c2ccccc2c1C(=O)[C@H](C)[NH+](C)Cc1ccc2c(c1)OCO2. The molecule has 26 heavy (non-hydrogen) atoms. The fourth-order valence-corrected chi connectivity index (χ4v) is 3.56. The molecule has 1 unspecified atom stereocenters. The molecule has 0 bridgehead atoms. The van der Waals surface area contributed by atoms with Crippen LogP contribution in [0.25, 0.3) is 10.9 Å². The average molecular weight is 351 g/mol. The molecule has 0 saturated carbocycles. The maximum Gasteiger partial charge on any atom is 0.231 e. The molecule has 2 aromatic carbocycles. The Balaban J connectivity index is 1.55. The monoisotopic (exact) mass is 351 g/mol. The van der Waals surface area contributed by atoms with Crippen LogP contribution in [0.2, 0.25) is 0 Å². The highest BCUT2D eigenvalue weighted by Crippen LogP contribution is 2.32. The molecule has 0 fully saturated rings. The largest absolute Gasteiger partial charge is 0.454 e. The zero-order valence-electron chi connectivity index (χ0n) is 15.3. The van der Waals surface area contributed by atoms with Crippen molar-refractivity contribution in [3.8, 4) is 11.5 Å². The van der Waals surface area contributed by atoms with E-state index in [9.17, 15) is 4.79 Å². The summed E-state index contributed by atoms with van der Waals surface area (Å²) in [4.78, 5) is 17.6. The molecule has 5 heteroatoms. The first-order valence-electron chi connectivity index (χ1n) is 8.87. The molecule has 5 nitrogen and oxygen atoms in total. The summed E-state index contributed by atoms with van der Waals surface area (Å²) >= 11 is 0. The van der Waals surface area contributed by atoms with Gasteiger partial charge in [-0.05, 0) is 38.1 Å². The Hall–Kier alpha value is -2.79. The van der Waals surface area contributed by atoms with Crippen LogP contribution in [0, 0.1) is 6.92 Å². The second kappa shape index (κ2) is 6.50. The minimum atomic E-state index is -0.154. The highest BCUT2D eigenvalue weighted by atomic mass is 16.7. The number of hydrogen-bond acceptors (Lipinski definition) is 3. The van der Waals surface area contributed by atoms with Gasteiger partial charge in [-0.3, -0.25) is 4.79 Å². The van der Waals surface area contributed by atoms with Gasteiger partial charge in [0.25, 0.3) is 0 Å². The number of ketones is 1. The maximum absolute atomic E-state index is 13.2. The number of likely N-dealkylation sites (N-methyl/N-ethyl adjacent to an activating group) is 1. The van der Waals surface area contributed by atoms with E-state index in [-0.39, 0.29) is 18.6 Å². The minimum Gasteiger partial charge on any atom is -0.454 e. The Morgan fingerprint density at radius 2 is 1.96 bits per heavy atom. The van der Waals surface area contributed by atoms with E-state index >= 15 is 0 Å². The van der Waals surface area contributed by atoms with Gasteiger partial charge in [0, 0.05) is 22.2 Å². The van der Waals surface area contributed by atoms with E-state index in [1.807, 2.05) is 56.3 Å². The number of Topliss-reactive ketones (excluding diaryl/α,β-unsaturated/α-hetero) is 1. The zero-order chi connectivity index (χ0) is 18.3. The molecular formula is C21H23N2O3+. The molecule has 2 N–H and O–H groups in total. The number of fused-ring (bicyclic) bond motifs is 2. The molecule has 0 spiro atoms. The van der Waals surface area contributed by atoms with Gasteiger partial charge in [-0.15, -0.1) is 0 Å². The Kier molecular flexibility index (Phi) is 4.17. The van der Waals surface area contributed by atoms with Crippen molar-refractivity contribution in [3.05, 3.63) is 59.3 Å². The third-order valence-electron chi connectivity index (χ3n) is 5.19. The van der Waals surface area contributed by atoms with Crippen LogP contribution in [0.4, 0.5) is 0 Å². The van der Waals surface area contributed by atoms with Crippen LogP contribution in [-0.4, -0.2) is 30.6 Å². The van der Waals surface area contributed by atoms with Crippen LogP contribution in [0.3, 0.4) is 0 Å². The first kappa shape index (κ1) is 16.7. The molecule has 0 amide bonds. The summed E-state index contributed by atoms with van der Waals surface area (Å²) in [5, 5.41) is 0.998. The number of ether oxygens (including phenoxy) is 2. The summed E-state index contributed by atoms with van der Waals surface area (Å²) in [6.45, 7) is 4.97. The number of carbonyl (C=O) groups is 1. The van der Waals surface area contributed by atoms with Crippen molar-refractivity contribution in [2.75, 3.05) is 13.8 Å². The number of aromatic amines is 1. The second-order valence-electron chi connectivity index (χ2n) is 6.97.